The lowest BCUT2D eigenvalue weighted by Crippen LogP contribution is -2.27. The highest BCUT2D eigenvalue weighted by Gasteiger charge is 2.22. The van der Waals surface area contributed by atoms with Crippen molar-refractivity contribution in [2.75, 3.05) is 24.2 Å². The molecule has 6 nitrogen and oxygen atoms in total. The van der Waals surface area contributed by atoms with E-state index in [-0.39, 0.29) is 5.41 Å². The Morgan fingerprint density at radius 1 is 1.33 bits per heavy atom. The zero-order chi connectivity index (χ0) is 14.9. The van der Waals surface area contributed by atoms with Gasteiger partial charge in [-0.2, -0.15) is 9.97 Å². The van der Waals surface area contributed by atoms with Gasteiger partial charge in [0.25, 0.3) is 0 Å². The summed E-state index contributed by atoms with van der Waals surface area (Å²) in [6, 6.07) is 4.25. The quantitative estimate of drug-likeness (QED) is 0.675. The zero-order valence-electron chi connectivity index (χ0n) is 12.3. The maximum absolute atomic E-state index is 4.47. The van der Waals surface area contributed by atoms with Gasteiger partial charge in [-0.25, -0.2) is 4.98 Å². The number of aromatic nitrogens is 4. The van der Waals surface area contributed by atoms with Gasteiger partial charge in [0, 0.05) is 23.9 Å². The standard InChI is InChI=1S/C14H18N6S/c1-14(2,9-5-4-6-21-9)7-16-11-10-12(18-8-17-10)20-13(15-3)19-11/h4-6,8H,7H2,1-3H3,(H3,15,16,17,18,19,20). The van der Waals surface area contributed by atoms with Crippen LogP contribution in [0.25, 0.3) is 11.2 Å². The van der Waals surface area contributed by atoms with Gasteiger partial charge in [-0.3, -0.25) is 0 Å². The zero-order valence-corrected chi connectivity index (χ0v) is 13.1. The van der Waals surface area contributed by atoms with E-state index in [9.17, 15) is 0 Å². The summed E-state index contributed by atoms with van der Waals surface area (Å²) >= 11 is 1.77. The summed E-state index contributed by atoms with van der Waals surface area (Å²) < 4.78 is 0. The van der Waals surface area contributed by atoms with Crippen molar-refractivity contribution in [2.24, 2.45) is 0 Å². The van der Waals surface area contributed by atoms with Gasteiger partial charge in [-0.1, -0.05) is 19.9 Å². The van der Waals surface area contributed by atoms with E-state index in [2.05, 4.69) is 61.9 Å². The average molecular weight is 302 g/mol. The number of fused-ring (bicyclic) bond motifs is 1. The topological polar surface area (TPSA) is 78.5 Å². The van der Waals surface area contributed by atoms with Crippen LogP contribution in [0.1, 0.15) is 18.7 Å². The highest BCUT2D eigenvalue weighted by Crippen LogP contribution is 2.28. The van der Waals surface area contributed by atoms with Gasteiger partial charge >= 0.3 is 0 Å². The largest absolute Gasteiger partial charge is 0.367 e. The van der Waals surface area contributed by atoms with E-state index in [1.54, 1.807) is 24.7 Å². The van der Waals surface area contributed by atoms with E-state index in [0.717, 1.165) is 17.9 Å². The molecule has 3 N–H and O–H groups in total. The van der Waals surface area contributed by atoms with Crippen molar-refractivity contribution in [3.05, 3.63) is 28.7 Å². The molecule has 7 heteroatoms. The fourth-order valence-corrected chi connectivity index (χ4v) is 2.98. The highest BCUT2D eigenvalue weighted by molar-refractivity contribution is 7.10. The molecular formula is C14H18N6S. The molecule has 0 atom stereocenters. The van der Waals surface area contributed by atoms with Crippen LogP contribution in [0.5, 0.6) is 0 Å². The van der Waals surface area contributed by atoms with Crippen LogP contribution in [0.15, 0.2) is 23.8 Å². The molecule has 110 valence electrons. The summed E-state index contributed by atoms with van der Waals surface area (Å²) in [5, 5.41) is 8.49. The molecule has 0 aliphatic carbocycles. The van der Waals surface area contributed by atoms with E-state index in [1.165, 1.54) is 4.88 Å². The Hall–Kier alpha value is -2.15. The predicted molar refractivity (Wildman–Crippen MR) is 87.1 cm³/mol. The Balaban J connectivity index is 1.86. The summed E-state index contributed by atoms with van der Waals surface area (Å²) in [6.45, 7) is 5.22. The first-order chi connectivity index (χ1) is 10.1. The van der Waals surface area contributed by atoms with Crippen molar-refractivity contribution in [1.82, 2.24) is 19.9 Å². The number of aromatic amines is 1. The lowest BCUT2D eigenvalue weighted by Gasteiger charge is -2.24. The molecule has 3 heterocycles. The molecule has 3 aromatic heterocycles. The fraction of sp³-hybridized carbons (Fsp3) is 0.357. The second kappa shape index (κ2) is 5.33. The Labute approximate surface area is 127 Å². The number of thiophene rings is 1. The normalized spacial score (nSPS) is 11.8. The van der Waals surface area contributed by atoms with Gasteiger partial charge < -0.3 is 15.6 Å². The fourth-order valence-electron chi connectivity index (χ4n) is 2.13. The van der Waals surface area contributed by atoms with Crippen molar-refractivity contribution in [3.63, 3.8) is 0 Å². The number of nitrogens with one attached hydrogen (secondary N) is 3. The van der Waals surface area contributed by atoms with E-state index in [0.29, 0.717) is 11.6 Å². The van der Waals surface area contributed by atoms with Crippen LogP contribution in [0.3, 0.4) is 0 Å². The smallest absolute Gasteiger partial charge is 0.226 e. The molecule has 0 aromatic carbocycles. The van der Waals surface area contributed by atoms with Crippen molar-refractivity contribution in [1.29, 1.82) is 0 Å². The number of imidazole rings is 1. The Morgan fingerprint density at radius 2 is 2.19 bits per heavy atom. The van der Waals surface area contributed by atoms with Gasteiger partial charge in [0.05, 0.1) is 6.33 Å². The second-order valence-corrected chi connectivity index (χ2v) is 6.41. The molecule has 3 rings (SSSR count). The van der Waals surface area contributed by atoms with Crippen LogP contribution < -0.4 is 10.6 Å². The monoisotopic (exact) mass is 302 g/mol. The summed E-state index contributed by atoms with van der Waals surface area (Å²) in [7, 11) is 1.80. The third-order valence-corrected chi connectivity index (χ3v) is 4.63. The third kappa shape index (κ3) is 2.69. The minimum absolute atomic E-state index is 0.0330. The second-order valence-electron chi connectivity index (χ2n) is 5.46. The average Bonchev–Trinajstić information content (AvgIpc) is 3.15. The van der Waals surface area contributed by atoms with Gasteiger partial charge in [0.1, 0.15) is 5.52 Å². The van der Waals surface area contributed by atoms with Gasteiger partial charge in [0.2, 0.25) is 5.95 Å². The first kappa shape index (κ1) is 13.8. The maximum Gasteiger partial charge on any atom is 0.226 e. The first-order valence-corrected chi connectivity index (χ1v) is 7.65. The number of rotatable bonds is 5. The first-order valence-electron chi connectivity index (χ1n) is 6.77. The van der Waals surface area contributed by atoms with Crippen molar-refractivity contribution < 1.29 is 0 Å². The van der Waals surface area contributed by atoms with Crippen LogP contribution in [0.2, 0.25) is 0 Å². The van der Waals surface area contributed by atoms with Gasteiger partial charge in [-0.15, -0.1) is 11.3 Å². The number of anilines is 2. The predicted octanol–water partition coefficient (Wildman–Crippen LogP) is 2.85. The van der Waals surface area contributed by atoms with Crippen LogP contribution in [-0.2, 0) is 5.41 Å². The van der Waals surface area contributed by atoms with Gasteiger partial charge in [-0.05, 0) is 11.4 Å². The molecule has 0 saturated carbocycles. The molecule has 21 heavy (non-hydrogen) atoms. The van der Waals surface area contributed by atoms with Crippen molar-refractivity contribution in [3.8, 4) is 0 Å². The van der Waals surface area contributed by atoms with E-state index in [4.69, 9.17) is 0 Å². The Kier molecular flexibility index (Phi) is 3.50. The summed E-state index contributed by atoms with van der Waals surface area (Å²) in [5.41, 5.74) is 1.52. The minimum atomic E-state index is 0.0330. The molecule has 3 aromatic rings. The summed E-state index contributed by atoms with van der Waals surface area (Å²) in [5.74, 6) is 1.33. The molecule has 0 saturated heterocycles. The molecule has 0 unspecified atom stereocenters. The van der Waals surface area contributed by atoms with E-state index < -0.39 is 0 Å². The summed E-state index contributed by atoms with van der Waals surface area (Å²) in [6.07, 6.45) is 1.63. The van der Waals surface area contributed by atoms with Crippen molar-refractivity contribution >= 4 is 34.3 Å². The molecule has 0 spiro atoms. The number of hydrogen-bond donors (Lipinski definition) is 3. The van der Waals surface area contributed by atoms with Crippen LogP contribution in [0.4, 0.5) is 11.8 Å². The summed E-state index contributed by atoms with van der Waals surface area (Å²) in [4.78, 5) is 17.4. The number of nitrogens with zero attached hydrogens (tertiary/aromatic N) is 3. The van der Waals surface area contributed by atoms with Gasteiger partial charge in [0.15, 0.2) is 11.5 Å². The van der Waals surface area contributed by atoms with E-state index in [1.807, 2.05) is 0 Å². The Morgan fingerprint density at radius 3 is 2.90 bits per heavy atom. The molecule has 0 radical (unpaired) electrons. The highest BCUT2D eigenvalue weighted by atomic mass is 32.1. The molecule has 0 aliphatic rings. The lowest BCUT2D eigenvalue weighted by molar-refractivity contribution is 0.568. The van der Waals surface area contributed by atoms with Crippen LogP contribution in [0, 0.1) is 0 Å². The Bertz CT molecular complexity index is 731. The maximum atomic E-state index is 4.47. The van der Waals surface area contributed by atoms with Crippen molar-refractivity contribution in [2.45, 2.75) is 19.3 Å². The minimum Gasteiger partial charge on any atom is -0.367 e. The molecule has 0 aliphatic heterocycles. The molecule has 0 bridgehead atoms. The number of hydrogen-bond acceptors (Lipinski definition) is 6. The SMILES string of the molecule is CNc1nc(NCC(C)(C)c2cccs2)c2[nH]cnc2n1. The molecular weight excluding hydrogens is 284 g/mol. The van der Waals surface area contributed by atoms with E-state index >= 15 is 0 Å². The third-order valence-electron chi connectivity index (χ3n) is 3.40. The van der Waals surface area contributed by atoms with Crippen LogP contribution in [-0.4, -0.2) is 33.5 Å². The molecule has 0 fully saturated rings. The lowest BCUT2D eigenvalue weighted by atomic mass is 9.91. The number of H-pyrrole nitrogens is 1. The molecule has 0 amide bonds. The van der Waals surface area contributed by atoms with Crippen LogP contribution >= 0.6 is 11.3 Å².